The van der Waals surface area contributed by atoms with Crippen molar-refractivity contribution in [1.29, 1.82) is 0 Å². The largest absolute Gasteiger partial charge is 0.499 e. The highest BCUT2D eigenvalue weighted by Crippen LogP contribution is 2.35. The lowest BCUT2D eigenvalue weighted by molar-refractivity contribution is -0.146. The summed E-state index contributed by atoms with van der Waals surface area (Å²) in [5.41, 5.74) is 0. The van der Waals surface area contributed by atoms with Gasteiger partial charge in [-0.25, -0.2) is 0 Å². The van der Waals surface area contributed by atoms with Gasteiger partial charge in [0.2, 0.25) is 5.91 Å². The van der Waals surface area contributed by atoms with Crippen molar-refractivity contribution in [3.05, 3.63) is 11.8 Å². The third-order valence-corrected chi connectivity index (χ3v) is 4.42. The van der Waals surface area contributed by atoms with Crippen LogP contribution in [-0.2, 0) is 19.1 Å². The second kappa shape index (κ2) is 9.64. The molecular formula is C16H23Cl3N2O4. The smallest absolute Gasteiger partial charge is 0.257 e. The zero-order valence-corrected chi connectivity index (χ0v) is 16.7. The highest BCUT2D eigenvalue weighted by molar-refractivity contribution is 6.67. The van der Waals surface area contributed by atoms with Crippen LogP contribution in [0.4, 0.5) is 0 Å². The van der Waals surface area contributed by atoms with Crippen LogP contribution in [0.15, 0.2) is 11.8 Å². The van der Waals surface area contributed by atoms with Gasteiger partial charge in [-0.2, -0.15) is 0 Å². The minimum atomic E-state index is -1.50. The number of hydrogen-bond donors (Lipinski definition) is 1. The summed E-state index contributed by atoms with van der Waals surface area (Å²) in [6.45, 7) is 3.58. The first kappa shape index (κ1) is 22.1. The minimum absolute atomic E-state index is 0.139. The summed E-state index contributed by atoms with van der Waals surface area (Å²) in [5, 5.41) is 2.67. The van der Waals surface area contributed by atoms with Gasteiger partial charge in [0, 0.05) is 12.5 Å². The molecule has 6 nitrogen and oxygen atoms in total. The molecule has 0 fully saturated rings. The molecule has 0 aromatic rings. The van der Waals surface area contributed by atoms with Gasteiger partial charge < -0.3 is 10.1 Å². The number of nitrogens with one attached hydrogen (secondary N) is 1. The molecule has 1 aliphatic heterocycles. The van der Waals surface area contributed by atoms with E-state index in [4.69, 9.17) is 39.5 Å². The van der Waals surface area contributed by atoms with Crippen LogP contribution < -0.4 is 5.32 Å². The van der Waals surface area contributed by atoms with Crippen LogP contribution in [0.3, 0.4) is 0 Å². The first-order valence-corrected chi connectivity index (χ1v) is 9.26. The number of methoxy groups -OCH3 is 1. The number of amides is 3. The Balaban J connectivity index is 3.00. The molecule has 2 atom stereocenters. The van der Waals surface area contributed by atoms with E-state index in [1.165, 1.54) is 13.2 Å². The van der Waals surface area contributed by atoms with Crippen LogP contribution in [0, 0.1) is 0 Å². The minimum Gasteiger partial charge on any atom is -0.499 e. The van der Waals surface area contributed by atoms with E-state index in [0.29, 0.717) is 18.6 Å². The fraction of sp³-hybridized carbons (Fsp3) is 0.688. The number of hydrogen-bond acceptors (Lipinski definition) is 4. The first-order valence-electron chi connectivity index (χ1n) is 8.13. The molecule has 142 valence electrons. The van der Waals surface area contributed by atoms with E-state index in [1.807, 2.05) is 6.92 Å². The van der Waals surface area contributed by atoms with Crippen molar-refractivity contribution >= 4 is 52.5 Å². The average Bonchev–Trinajstić information content (AvgIpc) is 2.86. The summed E-state index contributed by atoms with van der Waals surface area (Å²) in [6.07, 6.45) is 2.99. The molecule has 0 spiro atoms. The lowest BCUT2D eigenvalue weighted by Gasteiger charge is -2.29. The Morgan fingerprint density at radius 1 is 1.36 bits per heavy atom. The van der Waals surface area contributed by atoms with Gasteiger partial charge in [0.15, 0.2) is 3.79 Å². The van der Waals surface area contributed by atoms with Gasteiger partial charge in [0.25, 0.3) is 11.8 Å². The number of carbonyl (C=O) groups is 3. The predicted octanol–water partition coefficient (Wildman–Crippen LogP) is 3.10. The number of imide groups is 1. The summed E-state index contributed by atoms with van der Waals surface area (Å²) >= 11 is 17.4. The number of alkyl halides is 3. The van der Waals surface area contributed by atoms with Crippen molar-refractivity contribution in [3.8, 4) is 0 Å². The Morgan fingerprint density at radius 3 is 2.48 bits per heavy atom. The number of carbonyl (C=O) groups excluding carboxylic acids is 3. The highest BCUT2D eigenvalue weighted by Gasteiger charge is 2.41. The Labute approximate surface area is 162 Å². The summed E-state index contributed by atoms with van der Waals surface area (Å²) in [4.78, 5) is 38.0. The SMILES string of the molecule is CCC[C@H](NC(=O)CC)C(=O)N1C(=O)C=C(OC)[C@H]1CCC(Cl)(Cl)Cl. The molecule has 1 aliphatic rings. The van der Waals surface area contributed by atoms with Crippen molar-refractivity contribution in [2.75, 3.05) is 7.11 Å². The molecule has 0 saturated heterocycles. The van der Waals surface area contributed by atoms with Crippen molar-refractivity contribution < 1.29 is 19.1 Å². The maximum Gasteiger partial charge on any atom is 0.257 e. The van der Waals surface area contributed by atoms with E-state index in [-0.39, 0.29) is 25.2 Å². The van der Waals surface area contributed by atoms with Gasteiger partial charge in [-0.05, 0) is 19.3 Å². The monoisotopic (exact) mass is 412 g/mol. The van der Waals surface area contributed by atoms with Gasteiger partial charge in [-0.1, -0.05) is 55.1 Å². The molecule has 1 rings (SSSR count). The topological polar surface area (TPSA) is 75.7 Å². The molecule has 25 heavy (non-hydrogen) atoms. The lowest BCUT2D eigenvalue weighted by atomic mass is 10.1. The normalized spacial score (nSPS) is 18.8. The second-order valence-electron chi connectivity index (χ2n) is 5.73. The molecule has 9 heteroatoms. The van der Waals surface area contributed by atoms with E-state index < -0.39 is 27.7 Å². The van der Waals surface area contributed by atoms with E-state index in [9.17, 15) is 14.4 Å². The van der Waals surface area contributed by atoms with E-state index in [0.717, 1.165) is 4.90 Å². The zero-order chi connectivity index (χ0) is 19.2. The van der Waals surface area contributed by atoms with Gasteiger partial charge in [0.05, 0.1) is 13.2 Å². The van der Waals surface area contributed by atoms with Crippen molar-refractivity contribution in [2.45, 2.75) is 61.8 Å². The molecular weight excluding hydrogens is 391 g/mol. The Kier molecular flexibility index (Phi) is 8.51. The molecule has 0 unspecified atom stereocenters. The van der Waals surface area contributed by atoms with Crippen LogP contribution in [-0.4, -0.2) is 45.6 Å². The van der Waals surface area contributed by atoms with E-state index >= 15 is 0 Å². The lowest BCUT2D eigenvalue weighted by Crippen LogP contribution is -2.52. The summed E-state index contributed by atoms with van der Waals surface area (Å²) in [5.74, 6) is -0.893. The molecule has 0 aromatic heterocycles. The predicted molar refractivity (Wildman–Crippen MR) is 97.4 cm³/mol. The molecule has 0 aromatic carbocycles. The second-order valence-corrected chi connectivity index (χ2v) is 8.25. The number of ether oxygens (including phenoxy) is 1. The number of nitrogens with zero attached hydrogens (tertiary/aromatic N) is 1. The fourth-order valence-corrected chi connectivity index (χ4v) is 2.93. The zero-order valence-electron chi connectivity index (χ0n) is 14.5. The third-order valence-electron chi connectivity index (χ3n) is 3.85. The Bertz CT molecular complexity index is 546. The summed E-state index contributed by atoms with van der Waals surface area (Å²) in [7, 11) is 1.41. The molecule has 1 heterocycles. The van der Waals surface area contributed by atoms with Gasteiger partial charge in [-0.3, -0.25) is 19.3 Å². The molecule has 0 bridgehead atoms. The van der Waals surface area contributed by atoms with Crippen LogP contribution in [0.5, 0.6) is 0 Å². The van der Waals surface area contributed by atoms with E-state index in [1.54, 1.807) is 6.92 Å². The van der Waals surface area contributed by atoms with Gasteiger partial charge in [0.1, 0.15) is 11.8 Å². The molecule has 3 amide bonds. The van der Waals surface area contributed by atoms with Crippen molar-refractivity contribution in [1.82, 2.24) is 10.2 Å². The fourth-order valence-electron chi connectivity index (χ4n) is 2.61. The maximum atomic E-state index is 12.9. The van der Waals surface area contributed by atoms with Crippen LogP contribution in [0.1, 0.15) is 46.0 Å². The van der Waals surface area contributed by atoms with Gasteiger partial charge in [-0.15, -0.1) is 0 Å². The quantitative estimate of drug-likeness (QED) is 0.620. The molecule has 0 radical (unpaired) electrons. The number of rotatable bonds is 8. The van der Waals surface area contributed by atoms with Crippen molar-refractivity contribution in [3.63, 3.8) is 0 Å². The Morgan fingerprint density at radius 2 is 2.00 bits per heavy atom. The van der Waals surface area contributed by atoms with Gasteiger partial charge >= 0.3 is 0 Å². The Hall–Kier alpha value is -0.980. The number of halogens is 3. The highest BCUT2D eigenvalue weighted by atomic mass is 35.6. The average molecular weight is 414 g/mol. The van der Waals surface area contributed by atoms with Crippen LogP contribution in [0.25, 0.3) is 0 Å². The molecule has 1 N–H and O–H groups in total. The van der Waals surface area contributed by atoms with E-state index in [2.05, 4.69) is 5.32 Å². The standard InChI is InChI=1S/C16H23Cl3N2O4/c1-4-6-10(20-13(22)5-2)15(24)21-11(7-8-16(17,18)19)12(25-3)9-14(21)23/h9-11H,4-8H2,1-3H3,(H,20,22)/t10-,11+/m0/s1. The first-order chi connectivity index (χ1) is 11.6. The van der Waals surface area contributed by atoms with Crippen LogP contribution >= 0.6 is 34.8 Å². The molecule has 0 saturated carbocycles. The maximum absolute atomic E-state index is 12.9. The van der Waals surface area contributed by atoms with Crippen molar-refractivity contribution in [2.24, 2.45) is 0 Å². The summed E-state index contributed by atoms with van der Waals surface area (Å²) < 4.78 is 3.71. The molecule has 0 aliphatic carbocycles. The third kappa shape index (κ3) is 6.35. The summed E-state index contributed by atoms with van der Waals surface area (Å²) in [6, 6.07) is -1.43. The van der Waals surface area contributed by atoms with Crippen LogP contribution in [0.2, 0.25) is 0 Å².